The lowest BCUT2D eigenvalue weighted by molar-refractivity contribution is 0.481. The Morgan fingerprint density at radius 3 is 1.64 bits per heavy atom. The maximum atomic E-state index is 9.62. The van der Waals surface area contributed by atoms with Crippen molar-refractivity contribution in [3.63, 3.8) is 0 Å². The molecule has 0 unspecified atom stereocenters. The van der Waals surface area contributed by atoms with Gasteiger partial charge in [-0.2, -0.15) is 0 Å². The van der Waals surface area contributed by atoms with Crippen LogP contribution in [-0.2, 0) is 0 Å². The molecule has 0 atom stereocenters. The standard InChI is InChI=1S/C12H8O.C12H8/c13-11-7-6-9-5-4-8-2-1-3-10(11)12(8)9;1-3-9-4-2-6-11-8-7-10(5-1)12(9)11/h1-7,13H;1-8H. The maximum absolute atomic E-state index is 9.62. The van der Waals surface area contributed by atoms with Crippen molar-refractivity contribution in [1.29, 1.82) is 0 Å². The average Bonchev–Trinajstić information content (AvgIpc) is 3.26. The van der Waals surface area contributed by atoms with E-state index in [-0.39, 0.29) is 0 Å². The quantitative estimate of drug-likeness (QED) is 0.345. The first kappa shape index (κ1) is 14.1. The number of hydrogen-bond acceptors (Lipinski definition) is 1. The maximum Gasteiger partial charge on any atom is 0.123 e. The fraction of sp³-hybridized carbons (Fsp3) is 0. The van der Waals surface area contributed by atoms with Gasteiger partial charge < -0.3 is 5.11 Å². The van der Waals surface area contributed by atoms with E-state index >= 15 is 0 Å². The third-order valence-corrected chi connectivity index (χ3v) is 4.94. The molecule has 1 nitrogen and oxygen atoms in total. The minimum absolute atomic E-state index is 0.365. The number of phenolic OH excluding ortho intramolecular Hbond substituents is 1. The van der Waals surface area contributed by atoms with E-state index in [1.165, 1.54) is 38.4 Å². The molecule has 2 aliphatic rings. The zero-order valence-electron chi connectivity index (χ0n) is 13.6. The molecule has 0 fully saturated rings. The normalized spacial score (nSPS) is 12.6. The zero-order chi connectivity index (χ0) is 16.8. The van der Waals surface area contributed by atoms with Crippen molar-refractivity contribution in [1.82, 2.24) is 0 Å². The molecule has 25 heavy (non-hydrogen) atoms. The van der Waals surface area contributed by atoms with Crippen molar-refractivity contribution in [3.05, 3.63) is 89.0 Å². The van der Waals surface area contributed by atoms with E-state index in [2.05, 4.69) is 66.8 Å². The molecule has 0 bridgehead atoms. The topological polar surface area (TPSA) is 20.2 Å². The summed E-state index contributed by atoms with van der Waals surface area (Å²) in [6.07, 6.45) is 8.52. The zero-order valence-corrected chi connectivity index (χ0v) is 13.6. The molecule has 0 saturated carbocycles. The van der Waals surface area contributed by atoms with Crippen LogP contribution in [0, 0.1) is 0 Å². The first-order valence-electron chi connectivity index (χ1n) is 8.44. The Labute approximate surface area is 146 Å². The van der Waals surface area contributed by atoms with Gasteiger partial charge in [-0.15, -0.1) is 0 Å². The molecule has 0 spiro atoms. The molecule has 0 saturated heterocycles. The Bertz CT molecular complexity index is 1140. The minimum Gasteiger partial charge on any atom is -0.507 e. The second-order valence-corrected chi connectivity index (χ2v) is 6.40. The molecule has 4 aromatic rings. The van der Waals surface area contributed by atoms with E-state index in [9.17, 15) is 5.11 Å². The van der Waals surface area contributed by atoms with E-state index in [0.29, 0.717) is 5.75 Å². The number of phenols is 1. The van der Waals surface area contributed by atoms with Gasteiger partial charge in [0.2, 0.25) is 0 Å². The second kappa shape index (κ2) is 5.35. The summed E-state index contributed by atoms with van der Waals surface area (Å²) in [6, 6.07) is 22.5. The largest absolute Gasteiger partial charge is 0.507 e. The van der Waals surface area contributed by atoms with Gasteiger partial charge in [-0.3, -0.25) is 0 Å². The monoisotopic (exact) mass is 320 g/mol. The van der Waals surface area contributed by atoms with Crippen molar-refractivity contribution in [3.8, 4) is 5.75 Å². The van der Waals surface area contributed by atoms with Crippen LogP contribution < -0.4 is 0 Å². The van der Waals surface area contributed by atoms with E-state index in [1.807, 2.05) is 18.2 Å². The predicted molar refractivity (Wildman–Crippen MR) is 107 cm³/mol. The minimum atomic E-state index is 0.365. The molecule has 1 N–H and O–H groups in total. The first-order valence-corrected chi connectivity index (χ1v) is 8.44. The summed E-state index contributed by atoms with van der Waals surface area (Å²) in [6.45, 7) is 0. The van der Waals surface area contributed by atoms with Gasteiger partial charge in [0.25, 0.3) is 0 Å². The fourth-order valence-electron chi connectivity index (χ4n) is 3.76. The Morgan fingerprint density at radius 1 is 0.480 bits per heavy atom. The molecule has 0 heterocycles. The van der Waals surface area contributed by atoms with Gasteiger partial charge in [-0.05, 0) is 44.5 Å². The summed E-state index contributed by atoms with van der Waals surface area (Å²) in [5.74, 6) is 0.365. The summed E-state index contributed by atoms with van der Waals surface area (Å²) in [4.78, 5) is 0. The van der Waals surface area contributed by atoms with Crippen LogP contribution in [0.5, 0.6) is 5.75 Å². The Morgan fingerprint density at radius 2 is 1.00 bits per heavy atom. The lowest BCUT2D eigenvalue weighted by Crippen LogP contribution is -1.78. The van der Waals surface area contributed by atoms with E-state index in [4.69, 9.17) is 0 Å². The van der Waals surface area contributed by atoms with E-state index in [1.54, 1.807) is 6.07 Å². The fourth-order valence-corrected chi connectivity index (χ4v) is 3.76. The Kier molecular flexibility index (Phi) is 3.01. The Hall–Kier alpha value is -3.32. The van der Waals surface area contributed by atoms with E-state index in [0.717, 1.165) is 5.39 Å². The van der Waals surface area contributed by atoms with Crippen LogP contribution in [0.3, 0.4) is 0 Å². The van der Waals surface area contributed by atoms with E-state index < -0.39 is 0 Å². The highest BCUT2D eigenvalue weighted by Gasteiger charge is 2.10. The molecule has 2 aliphatic carbocycles. The van der Waals surface area contributed by atoms with Crippen molar-refractivity contribution in [2.24, 2.45) is 0 Å². The Balaban J connectivity index is 0.000000112. The van der Waals surface area contributed by atoms with Crippen LogP contribution in [0.4, 0.5) is 0 Å². The van der Waals surface area contributed by atoms with Gasteiger partial charge in [0.1, 0.15) is 5.75 Å². The van der Waals surface area contributed by atoms with Gasteiger partial charge in [0, 0.05) is 5.39 Å². The highest BCUT2D eigenvalue weighted by atomic mass is 16.3. The van der Waals surface area contributed by atoms with Crippen molar-refractivity contribution < 1.29 is 5.11 Å². The SMILES string of the molecule is C1=Cc2cccc3cccc1c23.Oc1ccc2c3c(cccc13)C=C2. The highest BCUT2D eigenvalue weighted by Crippen LogP contribution is 2.35. The lowest BCUT2D eigenvalue weighted by atomic mass is 10.0. The van der Waals surface area contributed by atoms with Crippen LogP contribution in [0.15, 0.2) is 66.7 Å². The number of rotatable bonds is 0. The van der Waals surface area contributed by atoms with Crippen LogP contribution in [0.1, 0.15) is 22.3 Å². The van der Waals surface area contributed by atoms with Crippen LogP contribution in [0.25, 0.3) is 45.8 Å². The third-order valence-electron chi connectivity index (χ3n) is 4.94. The molecule has 118 valence electrons. The van der Waals surface area contributed by atoms with Crippen LogP contribution in [0.2, 0.25) is 0 Å². The summed E-state index contributed by atoms with van der Waals surface area (Å²) in [5, 5.41) is 14.5. The van der Waals surface area contributed by atoms with Gasteiger partial charge in [0.05, 0.1) is 0 Å². The molecular weight excluding hydrogens is 304 g/mol. The molecule has 6 rings (SSSR count). The summed E-state index contributed by atoms with van der Waals surface area (Å²) in [7, 11) is 0. The summed E-state index contributed by atoms with van der Waals surface area (Å²) < 4.78 is 0. The number of aromatic hydroxyl groups is 1. The smallest absolute Gasteiger partial charge is 0.123 e. The van der Waals surface area contributed by atoms with Crippen molar-refractivity contribution >= 4 is 45.8 Å². The van der Waals surface area contributed by atoms with Gasteiger partial charge >= 0.3 is 0 Å². The predicted octanol–water partition coefficient (Wildman–Crippen LogP) is 6.35. The summed E-state index contributed by atoms with van der Waals surface area (Å²) in [5.41, 5.74) is 5.10. The highest BCUT2D eigenvalue weighted by molar-refractivity contribution is 6.07. The lowest BCUT2D eigenvalue weighted by Gasteiger charge is -2.03. The molecule has 4 aromatic carbocycles. The van der Waals surface area contributed by atoms with Crippen molar-refractivity contribution in [2.75, 3.05) is 0 Å². The molecule has 0 aromatic heterocycles. The number of benzene rings is 4. The average molecular weight is 320 g/mol. The number of hydrogen-bond donors (Lipinski definition) is 1. The molecule has 0 radical (unpaired) electrons. The molecular formula is C24H16O. The third kappa shape index (κ3) is 2.17. The van der Waals surface area contributed by atoms with Crippen LogP contribution in [-0.4, -0.2) is 5.11 Å². The van der Waals surface area contributed by atoms with Gasteiger partial charge in [-0.1, -0.05) is 85.0 Å². The molecule has 1 heteroatoms. The van der Waals surface area contributed by atoms with Crippen LogP contribution >= 0.6 is 0 Å². The van der Waals surface area contributed by atoms with Crippen molar-refractivity contribution in [2.45, 2.75) is 0 Å². The molecule has 0 aliphatic heterocycles. The molecule has 0 amide bonds. The first-order chi connectivity index (χ1) is 12.3. The summed E-state index contributed by atoms with van der Waals surface area (Å²) >= 11 is 0. The van der Waals surface area contributed by atoms with Gasteiger partial charge in [0.15, 0.2) is 0 Å². The van der Waals surface area contributed by atoms with Gasteiger partial charge in [-0.25, -0.2) is 0 Å². The second-order valence-electron chi connectivity index (χ2n) is 6.40.